The first-order valence-corrected chi connectivity index (χ1v) is 4.62. The second-order valence-corrected chi connectivity index (χ2v) is 3.34. The lowest BCUT2D eigenvalue weighted by Crippen LogP contribution is -1.82. The number of H-pyrrole nitrogens is 1. The van der Waals surface area contributed by atoms with Crippen LogP contribution in [0.3, 0.4) is 0 Å². The van der Waals surface area contributed by atoms with Gasteiger partial charge in [-0.2, -0.15) is 0 Å². The van der Waals surface area contributed by atoms with E-state index in [1.807, 2.05) is 30.3 Å². The number of aromatic nitrogens is 2. The molecule has 0 aliphatic rings. The van der Waals surface area contributed by atoms with E-state index < -0.39 is 0 Å². The van der Waals surface area contributed by atoms with Crippen LogP contribution in [0.1, 0.15) is 0 Å². The Hall–Kier alpha value is -1.65. The zero-order valence-corrected chi connectivity index (χ0v) is 10.3. The maximum atomic E-state index is 5.67. The second-order valence-electron chi connectivity index (χ2n) is 3.34. The molecule has 0 bridgehead atoms. The molecule has 0 aliphatic heterocycles. The van der Waals surface area contributed by atoms with Gasteiger partial charge in [-0.25, -0.2) is 4.98 Å². The van der Waals surface area contributed by atoms with Crippen LogP contribution in [0, 0.1) is 0 Å². The molecule has 0 amide bonds. The quantitative estimate of drug-likeness (QED) is 0.668. The molecular formula is C11H11Cl2N3O. The van der Waals surface area contributed by atoms with Gasteiger partial charge in [0.05, 0.1) is 17.3 Å². The number of fused-ring (bicyclic) bond motifs is 1. The molecule has 0 saturated carbocycles. The zero-order chi connectivity index (χ0) is 10.3. The van der Waals surface area contributed by atoms with E-state index in [-0.39, 0.29) is 24.8 Å². The van der Waals surface area contributed by atoms with Crippen molar-refractivity contribution in [1.82, 2.24) is 9.97 Å². The Balaban J connectivity index is 0.000000722. The Morgan fingerprint density at radius 1 is 1.18 bits per heavy atom. The third-order valence-electron chi connectivity index (χ3n) is 2.26. The van der Waals surface area contributed by atoms with Crippen LogP contribution >= 0.6 is 24.8 Å². The molecule has 17 heavy (non-hydrogen) atoms. The maximum Gasteiger partial charge on any atom is 0.174 e. The first kappa shape index (κ1) is 13.4. The number of nitrogens with one attached hydrogen (secondary N) is 1. The van der Waals surface area contributed by atoms with Crippen LogP contribution in [-0.2, 0) is 0 Å². The summed E-state index contributed by atoms with van der Waals surface area (Å²) in [7, 11) is 0. The van der Waals surface area contributed by atoms with Gasteiger partial charge in [0.25, 0.3) is 0 Å². The molecule has 2 aromatic heterocycles. The summed E-state index contributed by atoms with van der Waals surface area (Å²) < 4.78 is 5.25. The van der Waals surface area contributed by atoms with Crippen LogP contribution in [0.2, 0.25) is 0 Å². The Morgan fingerprint density at radius 3 is 2.71 bits per heavy atom. The molecule has 3 N–H and O–H groups in total. The highest BCUT2D eigenvalue weighted by molar-refractivity contribution is 5.85. The normalized spacial score (nSPS) is 9.65. The van der Waals surface area contributed by atoms with Gasteiger partial charge in [-0.05, 0) is 30.3 Å². The predicted molar refractivity (Wildman–Crippen MR) is 72.7 cm³/mol. The summed E-state index contributed by atoms with van der Waals surface area (Å²) in [4.78, 5) is 7.55. The first-order chi connectivity index (χ1) is 7.33. The Labute approximate surface area is 110 Å². The van der Waals surface area contributed by atoms with Crippen LogP contribution < -0.4 is 5.73 Å². The summed E-state index contributed by atoms with van der Waals surface area (Å²) in [6.45, 7) is 0. The molecule has 1 aromatic carbocycles. The van der Waals surface area contributed by atoms with Crippen molar-refractivity contribution in [3.63, 3.8) is 0 Å². The van der Waals surface area contributed by atoms with Gasteiger partial charge in [0, 0.05) is 5.69 Å². The smallest absolute Gasteiger partial charge is 0.174 e. The number of aromatic amines is 1. The third-order valence-corrected chi connectivity index (χ3v) is 2.26. The lowest BCUT2D eigenvalue weighted by Gasteiger charge is -1.89. The first-order valence-electron chi connectivity index (χ1n) is 4.62. The number of anilines is 1. The highest BCUT2D eigenvalue weighted by Crippen LogP contribution is 2.21. The van der Waals surface area contributed by atoms with Crippen LogP contribution in [0.25, 0.3) is 22.6 Å². The molecule has 3 aromatic rings. The summed E-state index contributed by atoms with van der Waals surface area (Å²) >= 11 is 0. The minimum atomic E-state index is 0. The van der Waals surface area contributed by atoms with E-state index >= 15 is 0 Å². The summed E-state index contributed by atoms with van der Waals surface area (Å²) in [5.74, 6) is 1.45. The van der Waals surface area contributed by atoms with Crippen molar-refractivity contribution in [2.75, 3.05) is 5.73 Å². The molecule has 0 radical (unpaired) electrons. The molecule has 6 heteroatoms. The molecule has 0 unspecified atom stereocenters. The van der Waals surface area contributed by atoms with E-state index in [2.05, 4.69) is 9.97 Å². The average Bonchev–Trinajstić information content (AvgIpc) is 2.84. The number of rotatable bonds is 1. The third kappa shape index (κ3) is 2.38. The molecule has 2 heterocycles. The second kappa shape index (κ2) is 5.12. The minimum Gasteiger partial charge on any atom is -0.461 e. The largest absolute Gasteiger partial charge is 0.461 e. The molecule has 90 valence electrons. The van der Waals surface area contributed by atoms with Gasteiger partial charge in [-0.15, -0.1) is 24.8 Å². The molecule has 0 fully saturated rings. The summed E-state index contributed by atoms with van der Waals surface area (Å²) in [5, 5.41) is 0. The van der Waals surface area contributed by atoms with E-state index in [0.717, 1.165) is 22.6 Å². The highest BCUT2D eigenvalue weighted by atomic mass is 35.5. The average molecular weight is 272 g/mol. The monoisotopic (exact) mass is 271 g/mol. The molecular weight excluding hydrogens is 261 g/mol. The molecule has 4 nitrogen and oxygen atoms in total. The number of halogens is 2. The topological polar surface area (TPSA) is 67.8 Å². The molecule has 0 saturated heterocycles. The fourth-order valence-electron chi connectivity index (χ4n) is 1.55. The Bertz CT molecular complexity index is 604. The van der Waals surface area contributed by atoms with E-state index in [0.29, 0.717) is 5.69 Å². The van der Waals surface area contributed by atoms with Crippen LogP contribution in [-0.4, -0.2) is 9.97 Å². The molecule has 0 aliphatic carbocycles. The van der Waals surface area contributed by atoms with Crippen molar-refractivity contribution in [2.24, 2.45) is 0 Å². The van der Waals surface area contributed by atoms with E-state index in [4.69, 9.17) is 10.2 Å². The van der Waals surface area contributed by atoms with Crippen LogP contribution in [0.4, 0.5) is 5.69 Å². The van der Waals surface area contributed by atoms with Crippen molar-refractivity contribution < 1.29 is 4.42 Å². The lowest BCUT2D eigenvalue weighted by atomic mass is 10.3. The van der Waals surface area contributed by atoms with Gasteiger partial charge in [-0.1, -0.05) is 0 Å². The van der Waals surface area contributed by atoms with Crippen molar-refractivity contribution in [1.29, 1.82) is 0 Å². The number of nitrogens with two attached hydrogens (primary N) is 1. The van der Waals surface area contributed by atoms with Crippen molar-refractivity contribution in [3.05, 3.63) is 36.6 Å². The summed E-state index contributed by atoms with van der Waals surface area (Å²) in [6, 6.07) is 9.27. The number of hydrogen-bond acceptors (Lipinski definition) is 3. The number of benzene rings is 1. The van der Waals surface area contributed by atoms with Crippen LogP contribution in [0.15, 0.2) is 41.0 Å². The Morgan fingerprint density at radius 2 is 2.00 bits per heavy atom. The van der Waals surface area contributed by atoms with Crippen molar-refractivity contribution >= 4 is 41.5 Å². The molecule has 0 atom stereocenters. The lowest BCUT2D eigenvalue weighted by molar-refractivity contribution is 0.578. The van der Waals surface area contributed by atoms with Crippen LogP contribution in [0.5, 0.6) is 0 Å². The maximum absolute atomic E-state index is 5.67. The van der Waals surface area contributed by atoms with Gasteiger partial charge >= 0.3 is 0 Å². The van der Waals surface area contributed by atoms with E-state index in [9.17, 15) is 0 Å². The fourth-order valence-corrected chi connectivity index (χ4v) is 1.55. The van der Waals surface area contributed by atoms with Crippen molar-refractivity contribution in [2.45, 2.75) is 0 Å². The van der Waals surface area contributed by atoms with E-state index in [1.165, 1.54) is 0 Å². The van der Waals surface area contributed by atoms with Crippen molar-refractivity contribution in [3.8, 4) is 11.6 Å². The number of nitrogens with zero attached hydrogens (tertiary/aromatic N) is 1. The summed E-state index contributed by atoms with van der Waals surface area (Å²) in [6.07, 6.45) is 1.62. The van der Waals surface area contributed by atoms with Gasteiger partial charge in [0.15, 0.2) is 11.6 Å². The predicted octanol–water partition coefficient (Wildman–Crippen LogP) is 3.25. The van der Waals surface area contributed by atoms with Gasteiger partial charge < -0.3 is 15.1 Å². The number of imidazole rings is 1. The SMILES string of the molecule is Cl.Cl.Nc1ccc2[nH]c(-c3ccco3)nc2c1. The number of nitrogen functional groups attached to an aromatic ring is 1. The standard InChI is InChI=1S/C11H9N3O.2ClH/c12-7-3-4-8-9(6-7)14-11(13-8)10-2-1-5-15-10;;/h1-6H,12H2,(H,13,14);2*1H. The fraction of sp³-hybridized carbons (Fsp3) is 0. The Kier molecular flexibility index (Phi) is 4.04. The van der Waals surface area contributed by atoms with Gasteiger partial charge in [0.2, 0.25) is 0 Å². The number of hydrogen-bond donors (Lipinski definition) is 2. The highest BCUT2D eigenvalue weighted by Gasteiger charge is 2.06. The van der Waals surface area contributed by atoms with Gasteiger partial charge in [0.1, 0.15) is 0 Å². The molecule has 3 rings (SSSR count). The number of furan rings is 1. The minimum absolute atomic E-state index is 0. The molecule has 0 spiro atoms. The summed E-state index contributed by atoms with van der Waals surface area (Å²) in [5.41, 5.74) is 8.19. The van der Waals surface area contributed by atoms with E-state index in [1.54, 1.807) is 6.26 Å². The zero-order valence-electron chi connectivity index (χ0n) is 8.71. The van der Waals surface area contributed by atoms with Gasteiger partial charge in [-0.3, -0.25) is 0 Å².